The van der Waals surface area contributed by atoms with E-state index in [0.717, 1.165) is 24.4 Å². The lowest BCUT2D eigenvalue weighted by molar-refractivity contribution is 0.0950. The number of nitrogens with one attached hydrogen (secondary N) is 1. The molecule has 0 spiro atoms. The van der Waals surface area contributed by atoms with Crippen LogP contribution in [0.1, 0.15) is 23.1 Å². The number of nitrogens with zero attached hydrogens (tertiary/aromatic N) is 4. The van der Waals surface area contributed by atoms with Crippen LogP contribution in [-0.4, -0.2) is 52.6 Å². The zero-order chi connectivity index (χ0) is 13.8. The molecule has 0 unspecified atom stereocenters. The van der Waals surface area contributed by atoms with Crippen LogP contribution < -0.4 is 5.32 Å². The Balaban J connectivity index is 2.13. The van der Waals surface area contributed by atoms with Crippen LogP contribution in [0.2, 0.25) is 0 Å². The number of rotatable bonds is 5. The van der Waals surface area contributed by atoms with E-state index in [0.29, 0.717) is 12.1 Å². The van der Waals surface area contributed by atoms with Crippen molar-refractivity contribution in [1.82, 2.24) is 24.8 Å². The van der Waals surface area contributed by atoms with E-state index in [1.165, 1.54) is 0 Å². The molecule has 0 aliphatic heterocycles. The quantitative estimate of drug-likeness (QED) is 0.855. The lowest BCUT2D eigenvalue weighted by atomic mass is 10.2. The summed E-state index contributed by atoms with van der Waals surface area (Å²) in [7, 11) is 3.95. The molecule has 6 nitrogen and oxygen atoms in total. The zero-order valence-corrected chi connectivity index (χ0v) is 11.6. The van der Waals surface area contributed by atoms with Gasteiger partial charge in [0.2, 0.25) is 0 Å². The third-order valence-electron chi connectivity index (χ3n) is 2.90. The first-order valence-electron chi connectivity index (χ1n) is 6.38. The minimum absolute atomic E-state index is 0.0699. The topological polar surface area (TPSA) is 62.5 Å². The van der Waals surface area contributed by atoms with Crippen molar-refractivity contribution in [3.63, 3.8) is 0 Å². The van der Waals surface area contributed by atoms with Crippen LogP contribution in [0.4, 0.5) is 0 Å². The van der Waals surface area contributed by atoms with Crippen molar-refractivity contribution in [3.8, 4) is 0 Å². The second-order valence-corrected chi connectivity index (χ2v) is 4.67. The molecule has 0 saturated carbocycles. The predicted octanol–water partition coefficient (Wildman–Crippen LogP) is 0.583. The summed E-state index contributed by atoms with van der Waals surface area (Å²) < 4.78 is 1.86. The van der Waals surface area contributed by atoms with Gasteiger partial charge in [-0.1, -0.05) is 6.92 Å². The Kier molecular flexibility index (Phi) is 4.11. The number of pyridine rings is 1. The maximum atomic E-state index is 12.0. The van der Waals surface area contributed by atoms with E-state index in [4.69, 9.17) is 0 Å². The van der Waals surface area contributed by atoms with E-state index < -0.39 is 0 Å². The van der Waals surface area contributed by atoms with Crippen molar-refractivity contribution in [1.29, 1.82) is 0 Å². The Hall–Kier alpha value is -1.95. The fourth-order valence-electron chi connectivity index (χ4n) is 1.81. The second-order valence-electron chi connectivity index (χ2n) is 4.67. The monoisotopic (exact) mass is 261 g/mol. The largest absolute Gasteiger partial charge is 0.351 e. The van der Waals surface area contributed by atoms with Gasteiger partial charge in [-0.05, 0) is 26.2 Å². The molecule has 2 heterocycles. The minimum Gasteiger partial charge on any atom is -0.351 e. The van der Waals surface area contributed by atoms with Gasteiger partial charge in [0.15, 0.2) is 5.65 Å². The van der Waals surface area contributed by atoms with Gasteiger partial charge >= 0.3 is 0 Å². The number of carbonyl (C=O) groups excluding carboxylic acids is 1. The summed E-state index contributed by atoms with van der Waals surface area (Å²) in [5, 5.41) is 11.0. The van der Waals surface area contributed by atoms with E-state index in [1.807, 2.05) is 36.4 Å². The summed E-state index contributed by atoms with van der Waals surface area (Å²) in [6.07, 6.45) is 2.58. The molecule has 2 aromatic rings. The molecule has 0 saturated heterocycles. The van der Waals surface area contributed by atoms with Crippen molar-refractivity contribution in [3.05, 3.63) is 29.7 Å². The fourth-order valence-corrected chi connectivity index (χ4v) is 1.81. The molecule has 0 bridgehead atoms. The van der Waals surface area contributed by atoms with Crippen LogP contribution in [-0.2, 0) is 6.42 Å². The number of likely N-dealkylation sites (N-methyl/N-ethyl adjacent to an activating group) is 1. The van der Waals surface area contributed by atoms with Crippen LogP contribution in [0, 0.1) is 0 Å². The molecular formula is C13H19N5O. The molecule has 0 aliphatic carbocycles. The molecule has 0 fully saturated rings. The summed E-state index contributed by atoms with van der Waals surface area (Å²) in [6.45, 7) is 3.47. The Labute approximate surface area is 112 Å². The minimum atomic E-state index is -0.0699. The second kappa shape index (κ2) is 5.79. The number of hydrogen-bond acceptors (Lipinski definition) is 4. The lowest BCUT2D eigenvalue weighted by Crippen LogP contribution is -2.31. The number of amides is 1. The van der Waals surface area contributed by atoms with Gasteiger partial charge < -0.3 is 10.2 Å². The van der Waals surface area contributed by atoms with Crippen LogP contribution in [0.3, 0.4) is 0 Å². The van der Waals surface area contributed by atoms with Gasteiger partial charge in [0, 0.05) is 25.7 Å². The third-order valence-corrected chi connectivity index (χ3v) is 2.90. The Morgan fingerprint density at radius 3 is 2.84 bits per heavy atom. The highest BCUT2D eigenvalue weighted by molar-refractivity contribution is 5.94. The molecule has 6 heteroatoms. The van der Waals surface area contributed by atoms with Gasteiger partial charge in [-0.3, -0.25) is 9.20 Å². The molecule has 2 aromatic heterocycles. The number of aromatic nitrogens is 3. The van der Waals surface area contributed by atoms with Gasteiger partial charge in [0.25, 0.3) is 5.91 Å². The number of fused-ring (bicyclic) bond motifs is 1. The van der Waals surface area contributed by atoms with Gasteiger partial charge in [-0.15, -0.1) is 10.2 Å². The highest BCUT2D eigenvalue weighted by Gasteiger charge is 2.09. The van der Waals surface area contributed by atoms with Gasteiger partial charge in [0.05, 0.1) is 5.56 Å². The normalized spacial score (nSPS) is 11.2. The standard InChI is InChI=1S/C13H19N5O/c1-4-11-15-16-12-6-5-10(9-18(11)12)13(19)14-7-8-17(2)3/h5-6,9H,4,7-8H2,1-3H3,(H,14,19). The number of aryl methyl sites for hydroxylation is 1. The first kappa shape index (κ1) is 13.5. The van der Waals surface area contributed by atoms with Gasteiger partial charge in [-0.2, -0.15) is 0 Å². The summed E-state index contributed by atoms with van der Waals surface area (Å²) >= 11 is 0. The Morgan fingerprint density at radius 2 is 2.16 bits per heavy atom. The van der Waals surface area contributed by atoms with E-state index >= 15 is 0 Å². The van der Waals surface area contributed by atoms with Crippen molar-refractivity contribution in [2.24, 2.45) is 0 Å². The zero-order valence-electron chi connectivity index (χ0n) is 11.6. The molecule has 0 radical (unpaired) electrons. The summed E-state index contributed by atoms with van der Waals surface area (Å²) in [5.41, 5.74) is 1.39. The molecule has 0 aliphatic rings. The third kappa shape index (κ3) is 3.08. The average molecular weight is 261 g/mol. The maximum absolute atomic E-state index is 12.0. The van der Waals surface area contributed by atoms with Crippen LogP contribution in [0.5, 0.6) is 0 Å². The smallest absolute Gasteiger partial charge is 0.252 e. The van der Waals surface area contributed by atoms with Crippen LogP contribution in [0.25, 0.3) is 5.65 Å². The average Bonchev–Trinajstić information content (AvgIpc) is 2.80. The predicted molar refractivity (Wildman–Crippen MR) is 73.3 cm³/mol. The van der Waals surface area contributed by atoms with E-state index in [-0.39, 0.29) is 5.91 Å². The Morgan fingerprint density at radius 1 is 1.37 bits per heavy atom. The molecule has 19 heavy (non-hydrogen) atoms. The molecule has 1 N–H and O–H groups in total. The van der Waals surface area contributed by atoms with Gasteiger partial charge in [0.1, 0.15) is 5.82 Å². The first-order chi connectivity index (χ1) is 9.11. The molecule has 2 rings (SSSR count). The summed E-state index contributed by atoms with van der Waals surface area (Å²) in [5.74, 6) is 0.789. The van der Waals surface area contributed by atoms with E-state index in [1.54, 1.807) is 12.3 Å². The maximum Gasteiger partial charge on any atom is 0.252 e. The van der Waals surface area contributed by atoms with Crippen molar-refractivity contribution in [2.45, 2.75) is 13.3 Å². The SMILES string of the molecule is CCc1nnc2ccc(C(=O)NCCN(C)C)cn12. The van der Waals surface area contributed by atoms with E-state index in [9.17, 15) is 4.79 Å². The molecule has 102 valence electrons. The van der Waals surface area contributed by atoms with Crippen LogP contribution in [0.15, 0.2) is 18.3 Å². The number of hydrogen-bond donors (Lipinski definition) is 1. The number of carbonyl (C=O) groups is 1. The van der Waals surface area contributed by atoms with Crippen molar-refractivity contribution < 1.29 is 4.79 Å². The van der Waals surface area contributed by atoms with Gasteiger partial charge in [-0.25, -0.2) is 0 Å². The molecule has 0 aromatic carbocycles. The molecular weight excluding hydrogens is 242 g/mol. The first-order valence-corrected chi connectivity index (χ1v) is 6.38. The molecule has 1 amide bonds. The van der Waals surface area contributed by atoms with Crippen LogP contribution >= 0.6 is 0 Å². The summed E-state index contributed by atoms with van der Waals surface area (Å²) in [6, 6.07) is 3.58. The highest BCUT2D eigenvalue weighted by Crippen LogP contribution is 2.07. The van der Waals surface area contributed by atoms with Crippen molar-refractivity contribution >= 4 is 11.6 Å². The highest BCUT2D eigenvalue weighted by atomic mass is 16.1. The Bertz CT molecular complexity index is 575. The van der Waals surface area contributed by atoms with E-state index in [2.05, 4.69) is 15.5 Å². The lowest BCUT2D eigenvalue weighted by Gasteiger charge is -2.10. The van der Waals surface area contributed by atoms with Crippen molar-refractivity contribution in [2.75, 3.05) is 27.2 Å². The molecule has 0 atom stereocenters. The fraction of sp³-hybridized carbons (Fsp3) is 0.462. The summed E-state index contributed by atoms with van der Waals surface area (Å²) in [4.78, 5) is 14.0.